The highest BCUT2D eigenvalue weighted by atomic mass is 79.9. The Morgan fingerprint density at radius 2 is 2.20 bits per heavy atom. The van der Waals surface area contributed by atoms with E-state index in [-0.39, 0.29) is 0 Å². The van der Waals surface area contributed by atoms with E-state index in [2.05, 4.69) is 34.2 Å². The molecule has 0 amide bonds. The van der Waals surface area contributed by atoms with Crippen molar-refractivity contribution < 1.29 is 9.47 Å². The summed E-state index contributed by atoms with van der Waals surface area (Å²) in [6.07, 6.45) is 0. The first-order chi connectivity index (χ1) is 7.20. The van der Waals surface area contributed by atoms with Gasteiger partial charge in [0.25, 0.3) is 0 Å². The highest BCUT2D eigenvalue weighted by Crippen LogP contribution is 2.33. The molecule has 15 heavy (non-hydrogen) atoms. The van der Waals surface area contributed by atoms with Crippen molar-refractivity contribution in [3.63, 3.8) is 0 Å². The minimum absolute atomic E-state index is 0.416. The molecule has 1 aromatic rings. The van der Waals surface area contributed by atoms with Crippen LogP contribution in [0.2, 0.25) is 0 Å². The van der Waals surface area contributed by atoms with Gasteiger partial charge < -0.3 is 14.8 Å². The molecule has 0 aromatic heterocycles. The average Bonchev–Trinajstić information content (AvgIpc) is 2.12. The molecule has 0 spiro atoms. The smallest absolute Gasteiger partial charge is 0.143 e. The van der Waals surface area contributed by atoms with E-state index in [9.17, 15) is 0 Å². The molecule has 1 aliphatic heterocycles. The molecule has 0 atom stereocenters. The third-order valence-corrected chi connectivity index (χ3v) is 2.93. The minimum atomic E-state index is 0.416. The van der Waals surface area contributed by atoms with Gasteiger partial charge in [-0.15, -0.1) is 0 Å². The van der Waals surface area contributed by atoms with E-state index in [0.29, 0.717) is 6.04 Å². The predicted molar refractivity (Wildman–Crippen MR) is 63.7 cm³/mol. The largest absolute Gasteiger partial charge is 0.495 e. The van der Waals surface area contributed by atoms with Crippen molar-refractivity contribution in [2.24, 2.45) is 0 Å². The number of hydrogen-bond acceptors (Lipinski definition) is 3. The number of rotatable bonds is 3. The van der Waals surface area contributed by atoms with Crippen LogP contribution in [0.5, 0.6) is 5.75 Å². The Kier molecular flexibility index (Phi) is 3.17. The lowest BCUT2D eigenvalue weighted by molar-refractivity contribution is 0.0210. The van der Waals surface area contributed by atoms with Crippen LogP contribution in [0.3, 0.4) is 0 Å². The van der Waals surface area contributed by atoms with Crippen LogP contribution in [0.1, 0.15) is 5.56 Å². The molecule has 1 heterocycles. The van der Waals surface area contributed by atoms with Gasteiger partial charge in [-0.2, -0.15) is 0 Å². The Balaban J connectivity index is 2.26. The van der Waals surface area contributed by atoms with Gasteiger partial charge in [-0.3, -0.25) is 0 Å². The second-order valence-corrected chi connectivity index (χ2v) is 4.59. The van der Waals surface area contributed by atoms with Crippen LogP contribution in [0.15, 0.2) is 16.6 Å². The lowest BCUT2D eigenvalue weighted by Gasteiger charge is -2.29. The second-order valence-electron chi connectivity index (χ2n) is 3.68. The lowest BCUT2D eigenvalue weighted by atomic mass is 10.1. The van der Waals surface area contributed by atoms with E-state index in [1.54, 1.807) is 7.11 Å². The Morgan fingerprint density at radius 3 is 2.73 bits per heavy atom. The van der Waals surface area contributed by atoms with Crippen molar-refractivity contribution in [1.29, 1.82) is 0 Å². The molecule has 3 nitrogen and oxygen atoms in total. The monoisotopic (exact) mass is 271 g/mol. The first kappa shape index (κ1) is 10.8. The third kappa shape index (κ3) is 2.26. The van der Waals surface area contributed by atoms with Crippen molar-refractivity contribution in [2.45, 2.75) is 13.0 Å². The fourth-order valence-corrected chi connectivity index (χ4v) is 2.13. The zero-order chi connectivity index (χ0) is 10.8. The fourth-order valence-electron chi connectivity index (χ4n) is 1.58. The summed E-state index contributed by atoms with van der Waals surface area (Å²) in [7, 11) is 1.68. The molecule has 2 rings (SSSR count). The number of benzene rings is 1. The summed E-state index contributed by atoms with van der Waals surface area (Å²) >= 11 is 3.45. The summed E-state index contributed by atoms with van der Waals surface area (Å²) < 4.78 is 11.5. The van der Waals surface area contributed by atoms with Gasteiger partial charge in [-0.25, -0.2) is 0 Å². The maximum absolute atomic E-state index is 5.34. The van der Waals surface area contributed by atoms with E-state index in [1.807, 2.05) is 6.07 Å². The molecular weight excluding hydrogens is 258 g/mol. The molecule has 82 valence electrons. The summed E-state index contributed by atoms with van der Waals surface area (Å²) in [6.45, 7) is 3.62. The predicted octanol–water partition coefficient (Wildman–Crippen LogP) is 2.58. The van der Waals surface area contributed by atoms with Gasteiger partial charge in [0.05, 0.1) is 32.1 Å². The molecule has 1 fully saturated rings. The molecule has 1 N–H and O–H groups in total. The van der Waals surface area contributed by atoms with Gasteiger partial charge >= 0.3 is 0 Å². The Morgan fingerprint density at radius 1 is 1.47 bits per heavy atom. The van der Waals surface area contributed by atoms with Crippen molar-refractivity contribution in [2.75, 3.05) is 25.6 Å². The first-order valence-electron chi connectivity index (χ1n) is 4.89. The SMILES string of the molecule is COc1cc(Br)cc(C)c1NC1COC1. The van der Waals surface area contributed by atoms with Crippen LogP contribution in [0.25, 0.3) is 0 Å². The Bertz CT molecular complexity index is 364. The van der Waals surface area contributed by atoms with Gasteiger partial charge in [0, 0.05) is 4.47 Å². The van der Waals surface area contributed by atoms with Crippen LogP contribution in [-0.2, 0) is 4.74 Å². The normalized spacial score (nSPS) is 15.9. The van der Waals surface area contributed by atoms with Gasteiger partial charge in [-0.05, 0) is 24.6 Å². The molecule has 1 aromatic carbocycles. The first-order valence-corrected chi connectivity index (χ1v) is 5.68. The van der Waals surface area contributed by atoms with E-state index in [1.165, 1.54) is 5.56 Å². The van der Waals surface area contributed by atoms with Crippen LogP contribution in [0.4, 0.5) is 5.69 Å². The number of halogens is 1. The average molecular weight is 272 g/mol. The molecule has 0 bridgehead atoms. The van der Waals surface area contributed by atoms with E-state index in [0.717, 1.165) is 29.1 Å². The van der Waals surface area contributed by atoms with E-state index in [4.69, 9.17) is 9.47 Å². The topological polar surface area (TPSA) is 30.5 Å². The molecule has 0 saturated carbocycles. The molecular formula is C11H14BrNO2. The summed E-state index contributed by atoms with van der Waals surface area (Å²) in [5.41, 5.74) is 2.24. The Labute approximate surface area is 97.9 Å². The maximum atomic E-state index is 5.34. The molecule has 0 radical (unpaired) electrons. The van der Waals surface area contributed by atoms with Crippen LogP contribution >= 0.6 is 15.9 Å². The van der Waals surface area contributed by atoms with E-state index < -0.39 is 0 Å². The summed E-state index contributed by atoms with van der Waals surface area (Å²) in [5.74, 6) is 0.869. The zero-order valence-electron chi connectivity index (χ0n) is 8.84. The number of methoxy groups -OCH3 is 1. The number of hydrogen-bond donors (Lipinski definition) is 1. The maximum Gasteiger partial charge on any atom is 0.143 e. The molecule has 1 aliphatic rings. The number of anilines is 1. The van der Waals surface area contributed by atoms with Crippen molar-refractivity contribution in [1.82, 2.24) is 0 Å². The standard InChI is InChI=1S/C11H14BrNO2/c1-7-3-8(12)4-10(14-2)11(7)13-9-5-15-6-9/h3-4,9,13H,5-6H2,1-2H3. The lowest BCUT2D eigenvalue weighted by Crippen LogP contribution is -2.40. The van der Waals surface area contributed by atoms with Crippen LogP contribution in [0, 0.1) is 6.92 Å². The summed E-state index contributed by atoms with van der Waals surface area (Å²) in [5, 5.41) is 3.42. The highest BCUT2D eigenvalue weighted by Gasteiger charge is 2.20. The van der Waals surface area contributed by atoms with Gasteiger partial charge in [0.2, 0.25) is 0 Å². The second kappa shape index (κ2) is 4.41. The minimum Gasteiger partial charge on any atom is -0.495 e. The van der Waals surface area contributed by atoms with E-state index >= 15 is 0 Å². The Hall–Kier alpha value is -0.740. The molecule has 0 unspecified atom stereocenters. The zero-order valence-corrected chi connectivity index (χ0v) is 10.4. The van der Waals surface area contributed by atoms with Gasteiger partial charge in [0.1, 0.15) is 5.75 Å². The number of nitrogens with one attached hydrogen (secondary N) is 1. The van der Waals surface area contributed by atoms with Crippen LogP contribution in [-0.4, -0.2) is 26.4 Å². The molecule has 0 aliphatic carbocycles. The third-order valence-electron chi connectivity index (χ3n) is 2.47. The summed E-state index contributed by atoms with van der Waals surface area (Å²) in [4.78, 5) is 0. The summed E-state index contributed by atoms with van der Waals surface area (Å²) in [6, 6.07) is 4.46. The van der Waals surface area contributed by atoms with Gasteiger partial charge in [0.15, 0.2) is 0 Å². The van der Waals surface area contributed by atoms with Gasteiger partial charge in [-0.1, -0.05) is 15.9 Å². The van der Waals surface area contributed by atoms with Crippen LogP contribution < -0.4 is 10.1 Å². The van der Waals surface area contributed by atoms with Crippen molar-refractivity contribution >= 4 is 21.6 Å². The van der Waals surface area contributed by atoms with Crippen molar-refractivity contribution in [3.8, 4) is 5.75 Å². The number of ether oxygens (including phenoxy) is 2. The van der Waals surface area contributed by atoms with Crippen molar-refractivity contribution in [3.05, 3.63) is 22.2 Å². The quantitative estimate of drug-likeness (QED) is 0.917. The number of aryl methyl sites for hydroxylation is 1. The molecule has 4 heteroatoms. The fraction of sp³-hybridized carbons (Fsp3) is 0.455. The molecule has 1 saturated heterocycles. The highest BCUT2D eigenvalue weighted by molar-refractivity contribution is 9.10.